The summed E-state index contributed by atoms with van der Waals surface area (Å²) >= 11 is 0. The fourth-order valence-corrected chi connectivity index (χ4v) is 7.65. The molecular weight excluding hydrogens is 689 g/mol. The van der Waals surface area contributed by atoms with Gasteiger partial charge in [-0.2, -0.15) is 0 Å². The van der Waals surface area contributed by atoms with Crippen LogP contribution in [0.2, 0.25) is 0 Å². The molecule has 0 saturated heterocycles. The van der Waals surface area contributed by atoms with Crippen LogP contribution in [-0.2, 0) is 26.2 Å². The number of nitrogens with zero attached hydrogens (tertiary/aromatic N) is 2. The summed E-state index contributed by atoms with van der Waals surface area (Å²) in [5, 5.41) is 0. The van der Waals surface area contributed by atoms with Crippen LogP contribution in [0.3, 0.4) is 0 Å². The van der Waals surface area contributed by atoms with Gasteiger partial charge in [0.15, 0.2) is 0 Å². The molecule has 0 radical (unpaired) electrons. The Labute approximate surface area is 325 Å². The highest BCUT2D eigenvalue weighted by Gasteiger charge is 2.19. The Morgan fingerprint density at radius 3 is 0.714 bits per heavy atom. The van der Waals surface area contributed by atoms with Gasteiger partial charge < -0.3 is 32.9 Å². The Morgan fingerprint density at radius 2 is 0.518 bits per heavy atom. The SMILES string of the molecule is NCc1ccc(-c2c3nc(c(-c4ccc(CN)cc4)c4ccc([nH]4)c(-c4ccc(CN)cc4)c4nc(c(-c5ccc(CN)cc5)c5ccc2[nH]5)C=C4)C=C3)cc1. The summed E-state index contributed by atoms with van der Waals surface area (Å²) in [6.45, 7) is 1.87. The molecule has 274 valence electrons. The average Bonchev–Trinajstić information content (AvgIpc) is 4.10. The fourth-order valence-electron chi connectivity index (χ4n) is 7.65. The van der Waals surface area contributed by atoms with E-state index in [9.17, 15) is 0 Å². The van der Waals surface area contributed by atoms with Crippen LogP contribution in [0.15, 0.2) is 121 Å². The topological polar surface area (TPSA) is 161 Å². The molecule has 0 unspecified atom stereocenters. The Balaban J connectivity index is 1.44. The van der Waals surface area contributed by atoms with E-state index in [4.69, 9.17) is 32.9 Å². The van der Waals surface area contributed by atoms with Crippen molar-refractivity contribution in [3.05, 3.63) is 166 Å². The summed E-state index contributed by atoms with van der Waals surface area (Å²) in [7, 11) is 0. The maximum atomic E-state index is 6.02. The lowest BCUT2D eigenvalue weighted by atomic mass is 10.0. The second kappa shape index (κ2) is 14.9. The second-order valence-corrected chi connectivity index (χ2v) is 14.1. The minimum atomic E-state index is 0.467. The minimum Gasteiger partial charge on any atom is -0.354 e. The Kier molecular flexibility index (Phi) is 9.30. The molecule has 0 amide bonds. The highest BCUT2D eigenvalue weighted by molar-refractivity contribution is 5.99. The third-order valence-corrected chi connectivity index (χ3v) is 10.7. The molecular formula is C48H42N8. The molecule has 0 atom stereocenters. The Morgan fingerprint density at radius 1 is 0.304 bits per heavy atom. The summed E-state index contributed by atoms with van der Waals surface area (Å²) in [4.78, 5) is 18.4. The molecule has 5 heterocycles. The van der Waals surface area contributed by atoms with Crippen molar-refractivity contribution >= 4 is 46.4 Å². The van der Waals surface area contributed by atoms with Crippen LogP contribution in [-0.4, -0.2) is 19.9 Å². The highest BCUT2D eigenvalue weighted by atomic mass is 14.8. The predicted octanol–water partition coefficient (Wildman–Crippen LogP) is 9.16. The molecule has 2 aliphatic rings. The number of aromatic nitrogens is 4. The smallest absolute Gasteiger partial charge is 0.0737 e. The van der Waals surface area contributed by atoms with Crippen molar-refractivity contribution in [2.75, 3.05) is 0 Å². The third kappa shape index (κ3) is 6.46. The monoisotopic (exact) mass is 730 g/mol. The predicted molar refractivity (Wildman–Crippen MR) is 232 cm³/mol. The van der Waals surface area contributed by atoms with Gasteiger partial charge in [0.2, 0.25) is 0 Å². The molecule has 9 rings (SSSR count). The zero-order chi connectivity index (χ0) is 38.2. The summed E-state index contributed by atoms with van der Waals surface area (Å²) in [6.07, 6.45) is 8.43. The molecule has 8 bridgehead atoms. The first-order valence-corrected chi connectivity index (χ1v) is 18.9. The average molecular weight is 731 g/mol. The van der Waals surface area contributed by atoms with Gasteiger partial charge in [0, 0.05) is 70.5 Å². The molecule has 0 spiro atoms. The van der Waals surface area contributed by atoms with Crippen LogP contribution < -0.4 is 22.9 Å². The number of hydrogen-bond acceptors (Lipinski definition) is 6. The molecule has 3 aromatic heterocycles. The maximum Gasteiger partial charge on any atom is 0.0737 e. The van der Waals surface area contributed by atoms with E-state index in [0.29, 0.717) is 26.2 Å². The van der Waals surface area contributed by atoms with E-state index < -0.39 is 0 Å². The molecule has 0 saturated carbocycles. The zero-order valence-corrected chi connectivity index (χ0v) is 30.9. The third-order valence-electron chi connectivity index (χ3n) is 10.7. The van der Waals surface area contributed by atoms with Crippen LogP contribution in [0.4, 0.5) is 0 Å². The first-order valence-electron chi connectivity index (χ1n) is 18.9. The lowest BCUT2D eigenvalue weighted by Gasteiger charge is -2.08. The standard InChI is InChI=1S/C48H42N8/c49-25-29-1-9-33(10-2-29)45-37-17-19-39(53-37)46(34-11-3-30(26-50)4-12-34)41-21-23-43(55-41)48(36-15-7-32(28-52)8-16-36)44-24-22-42(56-44)47(40-20-18-38(45)54-40)35-13-5-31(27-51)6-14-35/h1-24,53,56H,25-28,49-52H2. The molecule has 4 aromatic carbocycles. The first kappa shape index (κ1) is 35.0. The van der Waals surface area contributed by atoms with E-state index in [1.54, 1.807) is 0 Å². The summed E-state index contributed by atoms with van der Waals surface area (Å²) in [6, 6.07) is 42.1. The number of rotatable bonds is 8. The van der Waals surface area contributed by atoms with E-state index in [1.165, 1.54) is 0 Å². The highest BCUT2D eigenvalue weighted by Crippen LogP contribution is 2.38. The van der Waals surface area contributed by atoms with E-state index >= 15 is 0 Å². The molecule has 8 nitrogen and oxygen atoms in total. The number of nitrogens with two attached hydrogens (primary N) is 4. The van der Waals surface area contributed by atoms with Crippen LogP contribution >= 0.6 is 0 Å². The van der Waals surface area contributed by atoms with Gasteiger partial charge in [0.25, 0.3) is 0 Å². The lowest BCUT2D eigenvalue weighted by Crippen LogP contribution is -1.96. The molecule has 8 heteroatoms. The quantitative estimate of drug-likeness (QED) is 0.0914. The number of hydrogen-bond donors (Lipinski definition) is 6. The zero-order valence-electron chi connectivity index (χ0n) is 30.9. The molecule has 0 fully saturated rings. The van der Waals surface area contributed by atoms with Crippen LogP contribution in [0, 0.1) is 0 Å². The molecule has 56 heavy (non-hydrogen) atoms. The van der Waals surface area contributed by atoms with Crippen molar-refractivity contribution in [2.24, 2.45) is 22.9 Å². The van der Waals surface area contributed by atoms with Crippen LogP contribution in [0.5, 0.6) is 0 Å². The van der Waals surface area contributed by atoms with Crippen molar-refractivity contribution in [1.82, 2.24) is 19.9 Å². The number of fused-ring (bicyclic) bond motifs is 8. The number of H-pyrrole nitrogens is 2. The van der Waals surface area contributed by atoms with E-state index in [2.05, 4.69) is 156 Å². The Hall–Kier alpha value is -6.68. The summed E-state index contributed by atoms with van der Waals surface area (Å²) in [5.41, 5.74) is 43.5. The Bertz CT molecular complexity index is 2420. The molecule has 7 aromatic rings. The minimum absolute atomic E-state index is 0.467. The largest absolute Gasteiger partial charge is 0.354 e. The molecule has 0 aliphatic carbocycles. The van der Waals surface area contributed by atoms with Crippen LogP contribution in [0.25, 0.3) is 90.9 Å². The van der Waals surface area contributed by atoms with Crippen molar-refractivity contribution in [3.63, 3.8) is 0 Å². The van der Waals surface area contributed by atoms with Gasteiger partial charge in [-0.3, -0.25) is 0 Å². The molecule has 10 N–H and O–H groups in total. The fraction of sp³-hybridized carbons (Fsp3) is 0.0833. The number of nitrogens with one attached hydrogen (secondary N) is 2. The van der Waals surface area contributed by atoms with Gasteiger partial charge in [-0.1, -0.05) is 97.1 Å². The first-order chi connectivity index (χ1) is 27.5. The van der Waals surface area contributed by atoms with Gasteiger partial charge in [-0.05, 0) is 93.1 Å². The van der Waals surface area contributed by atoms with E-state index in [1.807, 2.05) is 0 Å². The van der Waals surface area contributed by atoms with Gasteiger partial charge in [0.1, 0.15) is 0 Å². The van der Waals surface area contributed by atoms with Crippen molar-refractivity contribution < 1.29 is 0 Å². The summed E-state index contributed by atoms with van der Waals surface area (Å²) in [5.74, 6) is 0. The number of aromatic amines is 2. The van der Waals surface area contributed by atoms with Crippen molar-refractivity contribution in [3.8, 4) is 44.5 Å². The van der Waals surface area contributed by atoms with Gasteiger partial charge in [-0.15, -0.1) is 0 Å². The molecule has 2 aliphatic heterocycles. The van der Waals surface area contributed by atoms with E-state index in [0.717, 1.165) is 112 Å². The van der Waals surface area contributed by atoms with Crippen LogP contribution in [0.1, 0.15) is 45.0 Å². The maximum absolute atomic E-state index is 6.02. The number of benzene rings is 4. The summed E-state index contributed by atoms with van der Waals surface area (Å²) < 4.78 is 0. The normalized spacial score (nSPS) is 12.1. The van der Waals surface area contributed by atoms with E-state index in [-0.39, 0.29) is 0 Å². The lowest BCUT2D eigenvalue weighted by molar-refractivity contribution is 1.07. The van der Waals surface area contributed by atoms with Crippen molar-refractivity contribution in [1.29, 1.82) is 0 Å². The second-order valence-electron chi connectivity index (χ2n) is 14.1. The van der Waals surface area contributed by atoms with Gasteiger partial charge in [0.05, 0.1) is 22.8 Å². The van der Waals surface area contributed by atoms with Gasteiger partial charge >= 0.3 is 0 Å². The van der Waals surface area contributed by atoms with Crippen molar-refractivity contribution in [2.45, 2.75) is 26.2 Å². The van der Waals surface area contributed by atoms with Gasteiger partial charge in [-0.25, -0.2) is 9.97 Å².